The summed E-state index contributed by atoms with van der Waals surface area (Å²) in [6.07, 6.45) is 1.04. The summed E-state index contributed by atoms with van der Waals surface area (Å²) in [5.41, 5.74) is 2.67. The Morgan fingerprint density at radius 2 is 1.71 bits per heavy atom. The van der Waals surface area contributed by atoms with Crippen molar-refractivity contribution >= 4 is 12.4 Å². The van der Waals surface area contributed by atoms with Crippen LogP contribution in [-0.2, 0) is 6.42 Å². The molecule has 1 N–H and O–H groups in total. The summed E-state index contributed by atoms with van der Waals surface area (Å²) in [5.74, 6) is 1.63. The largest absolute Gasteiger partial charge is 0.493 e. The van der Waals surface area contributed by atoms with Gasteiger partial charge in [-0.25, -0.2) is 0 Å². The second-order valence-electron chi connectivity index (χ2n) is 4.40. The highest BCUT2D eigenvalue weighted by molar-refractivity contribution is 5.85. The first-order valence-corrected chi connectivity index (χ1v) is 5.66. The van der Waals surface area contributed by atoms with Gasteiger partial charge in [-0.1, -0.05) is 0 Å². The van der Waals surface area contributed by atoms with E-state index in [9.17, 15) is 0 Å². The summed E-state index contributed by atoms with van der Waals surface area (Å²) in [6.45, 7) is 4.39. The van der Waals surface area contributed by atoms with Gasteiger partial charge in [0.05, 0.1) is 14.2 Å². The molecule has 96 valence electrons. The highest BCUT2D eigenvalue weighted by Crippen LogP contribution is 2.35. The van der Waals surface area contributed by atoms with E-state index in [1.807, 2.05) is 0 Å². The first kappa shape index (κ1) is 14.1. The van der Waals surface area contributed by atoms with Gasteiger partial charge in [-0.3, -0.25) is 0 Å². The lowest BCUT2D eigenvalue weighted by molar-refractivity contribution is 0.350. The van der Waals surface area contributed by atoms with Crippen molar-refractivity contribution in [3.63, 3.8) is 0 Å². The van der Waals surface area contributed by atoms with Crippen LogP contribution in [0.15, 0.2) is 12.1 Å². The van der Waals surface area contributed by atoms with E-state index < -0.39 is 0 Å². The van der Waals surface area contributed by atoms with Crippen molar-refractivity contribution in [3.8, 4) is 11.5 Å². The zero-order valence-electron chi connectivity index (χ0n) is 10.7. The number of hydrogen-bond acceptors (Lipinski definition) is 3. The molecule has 0 aromatic heterocycles. The predicted octanol–water partition coefficient (Wildman–Crippen LogP) is 2.72. The van der Waals surface area contributed by atoms with E-state index in [0.29, 0.717) is 12.1 Å². The Kier molecular flexibility index (Phi) is 4.66. The van der Waals surface area contributed by atoms with Gasteiger partial charge in [0.1, 0.15) is 0 Å². The summed E-state index contributed by atoms with van der Waals surface area (Å²) in [4.78, 5) is 0. The van der Waals surface area contributed by atoms with Gasteiger partial charge in [-0.2, -0.15) is 0 Å². The topological polar surface area (TPSA) is 30.5 Å². The van der Waals surface area contributed by atoms with Crippen LogP contribution >= 0.6 is 12.4 Å². The first-order valence-electron chi connectivity index (χ1n) is 5.66. The molecule has 1 aromatic rings. The smallest absolute Gasteiger partial charge is 0.161 e. The van der Waals surface area contributed by atoms with Crippen LogP contribution in [0.25, 0.3) is 0 Å². The molecule has 3 nitrogen and oxygen atoms in total. The van der Waals surface area contributed by atoms with Gasteiger partial charge < -0.3 is 14.8 Å². The molecular formula is C13H20ClNO2. The first-order chi connectivity index (χ1) is 7.65. The second kappa shape index (κ2) is 5.61. The maximum atomic E-state index is 5.33. The van der Waals surface area contributed by atoms with Gasteiger partial charge in [-0.05, 0) is 43.5 Å². The third kappa shape index (κ3) is 2.67. The quantitative estimate of drug-likeness (QED) is 0.884. The minimum atomic E-state index is 0. The molecule has 0 saturated carbocycles. The van der Waals surface area contributed by atoms with Crippen molar-refractivity contribution in [2.75, 3.05) is 14.2 Å². The molecule has 2 atom stereocenters. The van der Waals surface area contributed by atoms with Crippen molar-refractivity contribution in [1.29, 1.82) is 0 Å². The molecule has 1 aromatic carbocycles. The highest BCUT2D eigenvalue weighted by Gasteiger charge is 2.22. The average molecular weight is 258 g/mol. The van der Waals surface area contributed by atoms with Crippen LogP contribution in [0.1, 0.15) is 31.0 Å². The Hall–Kier alpha value is -0.930. The lowest BCUT2D eigenvalue weighted by Crippen LogP contribution is -2.35. The zero-order valence-corrected chi connectivity index (χ0v) is 11.6. The van der Waals surface area contributed by atoms with Crippen molar-refractivity contribution in [1.82, 2.24) is 5.32 Å². The number of nitrogens with one attached hydrogen (secondary N) is 1. The Morgan fingerprint density at radius 1 is 1.12 bits per heavy atom. The van der Waals surface area contributed by atoms with Gasteiger partial charge >= 0.3 is 0 Å². The molecule has 1 aliphatic heterocycles. The average Bonchev–Trinajstić information content (AvgIpc) is 2.27. The van der Waals surface area contributed by atoms with E-state index in [1.165, 1.54) is 11.1 Å². The fourth-order valence-corrected chi connectivity index (χ4v) is 2.42. The van der Waals surface area contributed by atoms with Crippen molar-refractivity contribution in [2.24, 2.45) is 0 Å². The van der Waals surface area contributed by atoms with E-state index in [1.54, 1.807) is 14.2 Å². The standard InChI is InChI=1S/C13H19NO2.ClH/c1-8-5-10-6-12(15-3)13(16-4)7-11(10)9(2)14-8;/h6-9,14H,5H2,1-4H3;1H/t8-,9?;/m1./s1. The summed E-state index contributed by atoms with van der Waals surface area (Å²) in [7, 11) is 3.35. The third-order valence-electron chi connectivity index (χ3n) is 3.17. The highest BCUT2D eigenvalue weighted by atomic mass is 35.5. The Labute approximate surface area is 109 Å². The molecule has 1 heterocycles. The van der Waals surface area contributed by atoms with Gasteiger partial charge in [0.2, 0.25) is 0 Å². The monoisotopic (exact) mass is 257 g/mol. The normalized spacial score (nSPS) is 22.4. The molecule has 17 heavy (non-hydrogen) atoms. The number of fused-ring (bicyclic) bond motifs is 1. The van der Waals surface area contributed by atoms with Crippen LogP contribution in [0.4, 0.5) is 0 Å². The van der Waals surface area contributed by atoms with Crippen LogP contribution in [-0.4, -0.2) is 20.3 Å². The van der Waals surface area contributed by atoms with Crippen LogP contribution in [0, 0.1) is 0 Å². The predicted molar refractivity (Wildman–Crippen MR) is 71.5 cm³/mol. The molecule has 0 fully saturated rings. The Morgan fingerprint density at radius 3 is 2.29 bits per heavy atom. The molecule has 2 rings (SSSR count). The molecule has 0 saturated heterocycles. The molecule has 0 bridgehead atoms. The molecule has 4 heteroatoms. The molecule has 0 amide bonds. The Balaban J connectivity index is 0.00000144. The van der Waals surface area contributed by atoms with E-state index >= 15 is 0 Å². The van der Waals surface area contributed by atoms with Gasteiger partial charge in [0.15, 0.2) is 11.5 Å². The SMILES string of the molecule is COc1cc2c(cc1OC)C(C)N[C@H](C)C2.Cl. The number of hydrogen-bond donors (Lipinski definition) is 1. The second-order valence-corrected chi connectivity index (χ2v) is 4.40. The minimum absolute atomic E-state index is 0. The summed E-state index contributed by atoms with van der Waals surface area (Å²) >= 11 is 0. The third-order valence-corrected chi connectivity index (χ3v) is 3.17. The molecule has 0 spiro atoms. The molecule has 1 unspecified atom stereocenters. The molecule has 0 radical (unpaired) electrons. The Bertz CT molecular complexity index is 395. The van der Waals surface area contributed by atoms with E-state index in [0.717, 1.165) is 17.9 Å². The fourth-order valence-electron chi connectivity index (χ4n) is 2.42. The van der Waals surface area contributed by atoms with Crippen LogP contribution in [0.2, 0.25) is 0 Å². The maximum absolute atomic E-state index is 5.33. The van der Waals surface area contributed by atoms with Crippen molar-refractivity contribution in [2.45, 2.75) is 32.4 Å². The number of methoxy groups -OCH3 is 2. The number of benzene rings is 1. The summed E-state index contributed by atoms with van der Waals surface area (Å²) in [5, 5.41) is 3.53. The number of halogens is 1. The molecule has 1 aliphatic rings. The van der Waals surface area contributed by atoms with Crippen LogP contribution in [0.5, 0.6) is 11.5 Å². The zero-order chi connectivity index (χ0) is 11.7. The van der Waals surface area contributed by atoms with E-state index in [4.69, 9.17) is 9.47 Å². The fraction of sp³-hybridized carbons (Fsp3) is 0.538. The summed E-state index contributed by atoms with van der Waals surface area (Å²) in [6, 6.07) is 5.07. The van der Waals surface area contributed by atoms with Crippen LogP contribution in [0.3, 0.4) is 0 Å². The van der Waals surface area contributed by atoms with Crippen LogP contribution < -0.4 is 14.8 Å². The van der Waals surface area contributed by atoms with Crippen molar-refractivity contribution in [3.05, 3.63) is 23.3 Å². The maximum Gasteiger partial charge on any atom is 0.161 e. The van der Waals surface area contributed by atoms with Gasteiger partial charge in [-0.15, -0.1) is 12.4 Å². The number of ether oxygens (including phenoxy) is 2. The van der Waals surface area contributed by atoms with Gasteiger partial charge in [0, 0.05) is 12.1 Å². The molecule has 0 aliphatic carbocycles. The van der Waals surface area contributed by atoms with Crippen molar-refractivity contribution < 1.29 is 9.47 Å². The summed E-state index contributed by atoms with van der Waals surface area (Å²) < 4.78 is 10.7. The van der Waals surface area contributed by atoms with E-state index in [-0.39, 0.29) is 12.4 Å². The minimum Gasteiger partial charge on any atom is -0.493 e. The number of rotatable bonds is 2. The molecular weight excluding hydrogens is 238 g/mol. The van der Waals surface area contributed by atoms with E-state index in [2.05, 4.69) is 31.3 Å². The van der Waals surface area contributed by atoms with Gasteiger partial charge in [0.25, 0.3) is 0 Å². The lowest BCUT2D eigenvalue weighted by Gasteiger charge is -2.30. The lowest BCUT2D eigenvalue weighted by atomic mass is 9.91.